The van der Waals surface area contributed by atoms with Crippen molar-refractivity contribution in [2.75, 3.05) is 11.4 Å². The highest BCUT2D eigenvalue weighted by atomic mass is 19.2. The molecule has 0 radical (unpaired) electrons. The highest BCUT2D eigenvalue weighted by Crippen LogP contribution is 2.49. The number of nitrogens with zero attached hydrogens (tertiary/aromatic N) is 1. The number of alkyl halides is 1. The minimum Gasteiger partial charge on any atom is -0.490 e. The molecule has 2 fully saturated rings. The normalized spacial score (nSPS) is 29.2. The summed E-state index contributed by atoms with van der Waals surface area (Å²) in [5.74, 6) is -2.52. The first-order valence-electron chi connectivity index (χ1n) is 10.7. The van der Waals surface area contributed by atoms with Crippen molar-refractivity contribution in [3.05, 3.63) is 58.7 Å². The predicted octanol–water partition coefficient (Wildman–Crippen LogP) is 5.36. The number of carbonyl (C=O) groups is 1. The fourth-order valence-corrected chi connectivity index (χ4v) is 4.83. The van der Waals surface area contributed by atoms with Gasteiger partial charge in [0.1, 0.15) is 11.9 Å². The first-order chi connectivity index (χ1) is 14.8. The smallest absolute Gasteiger partial charge is 0.307 e. The molecule has 2 aliphatic carbocycles. The maximum absolute atomic E-state index is 15.1. The van der Waals surface area contributed by atoms with Crippen LogP contribution in [0.25, 0.3) is 0 Å². The maximum Gasteiger partial charge on any atom is 0.307 e. The molecule has 1 unspecified atom stereocenters. The standard InChI is InChI=1S/C24H24F3NO3/c1-12-4-15(5-12)31-16-7-20(25)23(27)22(8-16)28-10-14-3-2-13(6-18(14)21(26)11-28)17-9-19(17)24(29)30/h2-3,6-8,12,15,17,19,21H,4-5,9-11H2,1H3,(H,29,30)/t12?,15?,17-,19+,21?/m1/s1. The molecule has 1 heterocycles. The molecule has 0 amide bonds. The molecule has 1 N–H and O–H groups in total. The number of halogens is 3. The molecule has 0 spiro atoms. The molecule has 0 saturated heterocycles. The number of rotatable bonds is 5. The van der Waals surface area contributed by atoms with E-state index < -0.39 is 29.7 Å². The lowest BCUT2D eigenvalue weighted by atomic mass is 9.84. The summed E-state index contributed by atoms with van der Waals surface area (Å²) >= 11 is 0. The molecule has 7 heteroatoms. The summed E-state index contributed by atoms with van der Waals surface area (Å²) in [7, 11) is 0. The fraction of sp³-hybridized carbons (Fsp3) is 0.458. The van der Waals surface area contributed by atoms with Crippen LogP contribution in [0.15, 0.2) is 30.3 Å². The average molecular weight is 431 g/mol. The minimum atomic E-state index is -1.38. The van der Waals surface area contributed by atoms with E-state index in [-0.39, 0.29) is 36.5 Å². The van der Waals surface area contributed by atoms with Crippen molar-refractivity contribution < 1.29 is 27.8 Å². The third kappa shape index (κ3) is 3.75. The van der Waals surface area contributed by atoms with E-state index in [1.54, 1.807) is 12.1 Å². The van der Waals surface area contributed by atoms with E-state index in [9.17, 15) is 13.6 Å². The van der Waals surface area contributed by atoms with Gasteiger partial charge in [0.2, 0.25) is 0 Å². The maximum atomic E-state index is 15.1. The van der Waals surface area contributed by atoms with E-state index in [4.69, 9.17) is 9.84 Å². The van der Waals surface area contributed by atoms with Crippen LogP contribution in [0.1, 0.15) is 55.0 Å². The van der Waals surface area contributed by atoms with Gasteiger partial charge in [-0.1, -0.05) is 25.1 Å². The van der Waals surface area contributed by atoms with Crippen molar-refractivity contribution in [2.45, 2.75) is 50.9 Å². The van der Waals surface area contributed by atoms with Gasteiger partial charge in [-0.15, -0.1) is 0 Å². The molecular weight excluding hydrogens is 407 g/mol. The zero-order chi connectivity index (χ0) is 21.9. The van der Waals surface area contributed by atoms with Gasteiger partial charge in [0.15, 0.2) is 11.6 Å². The Morgan fingerprint density at radius 3 is 2.61 bits per heavy atom. The van der Waals surface area contributed by atoms with Gasteiger partial charge in [0.25, 0.3) is 0 Å². The zero-order valence-electron chi connectivity index (χ0n) is 17.2. The molecule has 0 aromatic heterocycles. The third-order valence-electron chi connectivity index (χ3n) is 6.74. The fourth-order valence-electron chi connectivity index (χ4n) is 4.83. The predicted molar refractivity (Wildman–Crippen MR) is 109 cm³/mol. The average Bonchev–Trinajstić information content (AvgIpc) is 3.50. The van der Waals surface area contributed by atoms with Crippen LogP contribution in [-0.2, 0) is 11.3 Å². The topological polar surface area (TPSA) is 49.8 Å². The molecule has 1 aliphatic heterocycles. The van der Waals surface area contributed by atoms with E-state index in [0.717, 1.165) is 24.5 Å². The van der Waals surface area contributed by atoms with Crippen molar-refractivity contribution in [2.24, 2.45) is 11.8 Å². The third-order valence-corrected chi connectivity index (χ3v) is 6.74. The summed E-state index contributed by atoms with van der Waals surface area (Å²) in [5, 5.41) is 9.14. The van der Waals surface area contributed by atoms with Crippen LogP contribution >= 0.6 is 0 Å². The lowest BCUT2D eigenvalue weighted by molar-refractivity contribution is -0.138. The summed E-state index contributed by atoms with van der Waals surface area (Å²) in [6.45, 7) is 2.24. The number of aliphatic carboxylic acids is 1. The summed E-state index contributed by atoms with van der Waals surface area (Å²) < 4.78 is 49.7. The molecule has 5 rings (SSSR count). The lowest BCUT2D eigenvalue weighted by Gasteiger charge is -2.35. The van der Waals surface area contributed by atoms with E-state index in [0.29, 0.717) is 23.5 Å². The van der Waals surface area contributed by atoms with Crippen molar-refractivity contribution in [1.29, 1.82) is 0 Å². The van der Waals surface area contributed by atoms with E-state index in [2.05, 4.69) is 6.92 Å². The second-order valence-corrected chi connectivity index (χ2v) is 9.15. The Bertz CT molecular complexity index is 1040. The molecule has 3 aliphatic rings. The van der Waals surface area contributed by atoms with Gasteiger partial charge in [-0.25, -0.2) is 13.2 Å². The minimum absolute atomic E-state index is 0.000750. The summed E-state index contributed by atoms with van der Waals surface area (Å²) in [6.07, 6.45) is 0.937. The Hall–Kier alpha value is -2.70. The van der Waals surface area contributed by atoms with Crippen molar-refractivity contribution in [3.63, 3.8) is 0 Å². The quantitative estimate of drug-likeness (QED) is 0.692. The molecule has 31 heavy (non-hydrogen) atoms. The number of benzene rings is 2. The summed E-state index contributed by atoms with van der Waals surface area (Å²) in [5.41, 5.74) is 2.01. The number of carboxylic acid groups (broad SMARTS) is 1. The second-order valence-electron chi connectivity index (χ2n) is 9.15. The van der Waals surface area contributed by atoms with Crippen LogP contribution in [0.3, 0.4) is 0 Å². The summed E-state index contributed by atoms with van der Waals surface area (Å²) in [6, 6.07) is 7.82. The van der Waals surface area contributed by atoms with Crippen LogP contribution in [0.4, 0.5) is 18.9 Å². The van der Waals surface area contributed by atoms with E-state index in [1.165, 1.54) is 11.0 Å². The van der Waals surface area contributed by atoms with E-state index >= 15 is 4.39 Å². The Morgan fingerprint density at radius 1 is 1.16 bits per heavy atom. The molecule has 164 valence electrons. The first-order valence-corrected chi connectivity index (χ1v) is 10.7. The summed E-state index contributed by atoms with van der Waals surface area (Å²) in [4.78, 5) is 12.6. The highest BCUT2D eigenvalue weighted by Gasteiger charge is 2.44. The number of hydrogen-bond acceptors (Lipinski definition) is 3. The Morgan fingerprint density at radius 2 is 1.94 bits per heavy atom. The van der Waals surface area contributed by atoms with Crippen LogP contribution in [0.5, 0.6) is 5.75 Å². The number of anilines is 1. The first kappa shape index (κ1) is 20.2. The molecule has 4 nitrogen and oxygen atoms in total. The monoisotopic (exact) mass is 431 g/mol. The van der Waals surface area contributed by atoms with Crippen LogP contribution in [-0.4, -0.2) is 23.7 Å². The highest BCUT2D eigenvalue weighted by molar-refractivity contribution is 5.75. The van der Waals surface area contributed by atoms with Crippen molar-refractivity contribution >= 4 is 11.7 Å². The van der Waals surface area contributed by atoms with Gasteiger partial charge in [0, 0.05) is 18.7 Å². The van der Waals surface area contributed by atoms with Crippen molar-refractivity contribution in [3.8, 4) is 5.75 Å². The van der Waals surface area contributed by atoms with Gasteiger partial charge in [-0.3, -0.25) is 4.79 Å². The van der Waals surface area contributed by atoms with Gasteiger partial charge in [0.05, 0.1) is 24.3 Å². The van der Waals surface area contributed by atoms with Gasteiger partial charge < -0.3 is 14.7 Å². The van der Waals surface area contributed by atoms with Gasteiger partial charge in [-0.2, -0.15) is 0 Å². The molecule has 2 aromatic rings. The van der Waals surface area contributed by atoms with E-state index in [1.807, 2.05) is 6.07 Å². The largest absolute Gasteiger partial charge is 0.490 e. The lowest BCUT2D eigenvalue weighted by Crippen LogP contribution is -2.34. The second kappa shape index (κ2) is 7.46. The number of fused-ring (bicyclic) bond motifs is 1. The van der Waals surface area contributed by atoms with Crippen LogP contribution in [0, 0.1) is 23.5 Å². The molecule has 2 aromatic carbocycles. The Kier molecular flexibility index (Phi) is 4.87. The Labute approximate surface area is 178 Å². The van der Waals surface area contributed by atoms with Crippen LogP contribution in [0.2, 0.25) is 0 Å². The molecular formula is C24H24F3NO3. The SMILES string of the molecule is CC1CC(Oc2cc(F)c(F)c(N3Cc4ccc([C@H]5C[C@@H]5C(=O)O)cc4C(F)C3)c2)C1. The van der Waals surface area contributed by atoms with Crippen molar-refractivity contribution in [1.82, 2.24) is 0 Å². The Balaban J connectivity index is 1.38. The van der Waals surface area contributed by atoms with Gasteiger partial charge >= 0.3 is 5.97 Å². The number of ether oxygens (including phenoxy) is 1. The molecule has 0 bridgehead atoms. The molecule has 2 saturated carbocycles. The number of hydrogen-bond donors (Lipinski definition) is 1. The number of carboxylic acids is 1. The zero-order valence-corrected chi connectivity index (χ0v) is 17.2. The molecule has 3 atom stereocenters. The van der Waals surface area contributed by atoms with Crippen LogP contribution < -0.4 is 9.64 Å². The van der Waals surface area contributed by atoms with Gasteiger partial charge in [-0.05, 0) is 47.8 Å².